The van der Waals surface area contributed by atoms with E-state index in [-0.39, 0.29) is 17.6 Å². The molecule has 0 saturated carbocycles. The molecule has 0 spiro atoms. The van der Waals surface area contributed by atoms with Gasteiger partial charge in [-0.15, -0.1) is 0 Å². The Hall–Kier alpha value is -2.54. The molecule has 30 heavy (non-hydrogen) atoms. The molecule has 1 N–H and O–H groups in total. The summed E-state index contributed by atoms with van der Waals surface area (Å²) >= 11 is 1.36. The van der Waals surface area contributed by atoms with Crippen molar-refractivity contribution in [3.63, 3.8) is 0 Å². The minimum atomic E-state index is -0.0806. The number of nitrogens with one attached hydrogen (secondary N) is 1. The minimum absolute atomic E-state index is 0.0387. The third-order valence-electron chi connectivity index (χ3n) is 5.17. The Bertz CT molecular complexity index is 847. The van der Waals surface area contributed by atoms with Gasteiger partial charge < -0.3 is 15.1 Å². The first-order valence-corrected chi connectivity index (χ1v) is 11.5. The normalized spacial score (nSPS) is 13.5. The lowest BCUT2D eigenvalue weighted by molar-refractivity contribution is -0.113. The number of benzene rings is 1. The van der Waals surface area contributed by atoms with Crippen LogP contribution in [0, 0.1) is 0 Å². The van der Waals surface area contributed by atoms with Crippen molar-refractivity contribution in [2.24, 2.45) is 0 Å². The van der Waals surface area contributed by atoms with Crippen LogP contribution in [0.5, 0.6) is 0 Å². The maximum atomic E-state index is 12.4. The summed E-state index contributed by atoms with van der Waals surface area (Å²) in [6, 6.07) is 12.0. The number of carbonyl (C=O) groups is 2. The van der Waals surface area contributed by atoms with Crippen LogP contribution in [0.3, 0.4) is 0 Å². The average Bonchev–Trinajstić information content (AvgIpc) is 3.28. The summed E-state index contributed by atoms with van der Waals surface area (Å²) in [4.78, 5) is 33.1. The predicted octanol–water partition coefficient (Wildman–Crippen LogP) is 4.28. The first kappa shape index (κ1) is 22.2. The lowest BCUT2D eigenvalue weighted by atomic mass is 10.2. The summed E-state index contributed by atoms with van der Waals surface area (Å²) in [6.45, 7) is 9.05. The van der Waals surface area contributed by atoms with Gasteiger partial charge in [0.2, 0.25) is 5.91 Å². The standard InChI is InChI=1S/C23H30N4O2S/c1-4-27(17(2)3)20-10-8-19(9-11-20)25-21(28)16-30-22-12-7-18(15-24-22)23(29)26-13-5-6-14-26/h7-12,15,17H,4-6,13-14,16H2,1-3H3,(H,25,28). The van der Waals surface area contributed by atoms with Crippen LogP contribution in [0.2, 0.25) is 0 Å². The molecule has 3 rings (SSSR count). The van der Waals surface area contributed by atoms with Crippen molar-refractivity contribution < 1.29 is 9.59 Å². The fraction of sp³-hybridized carbons (Fsp3) is 0.435. The van der Waals surface area contributed by atoms with E-state index in [9.17, 15) is 9.59 Å². The number of amides is 2. The molecule has 0 atom stereocenters. The Kier molecular flexibility index (Phi) is 7.74. The topological polar surface area (TPSA) is 65.5 Å². The van der Waals surface area contributed by atoms with Crippen molar-refractivity contribution in [3.05, 3.63) is 48.2 Å². The number of thioether (sulfide) groups is 1. The van der Waals surface area contributed by atoms with Gasteiger partial charge in [-0.2, -0.15) is 0 Å². The third-order valence-corrected chi connectivity index (χ3v) is 6.12. The highest BCUT2D eigenvalue weighted by Crippen LogP contribution is 2.21. The van der Waals surface area contributed by atoms with Crippen LogP contribution in [0.4, 0.5) is 11.4 Å². The van der Waals surface area contributed by atoms with Crippen molar-refractivity contribution in [2.75, 3.05) is 35.6 Å². The van der Waals surface area contributed by atoms with E-state index < -0.39 is 0 Å². The fourth-order valence-electron chi connectivity index (χ4n) is 3.61. The molecule has 6 nitrogen and oxygen atoms in total. The molecule has 1 saturated heterocycles. The molecule has 0 aliphatic carbocycles. The Morgan fingerprint density at radius 1 is 1.13 bits per heavy atom. The molecule has 2 aromatic rings. The van der Waals surface area contributed by atoms with E-state index in [2.05, 4.69) is 36.0 Å². The van der Waals surface area contributed by atoms with Crippen LogP contribution < -0.4 is 10.2 Å². The number of nitrogens with zero attached hydrogens (tertiary/aromatic N) is 3. The minimum Gasteiger partial charge on any atom is -0.369 e. The maximum absolute atomic E-state index is 12.4. The number of hydrogen-bond donors (Lipinski definition) is 1. The SMILES string of the molecule is CCN(c1ccc(NC(=O)CSc2ccc(C(=O)N3CCCC3)cn2)cc1)C(C)C. The molecule has 1 aromatic carbocycles. The van der Waals surface area contributed by atoms with Gasteiger partial charge in [-0.05, 0) is 70.0 Å². The number of anilines is 2. The zero-order chi connectivity index (χ0) is 21.5. The summed E-state index contributed by atoms with van der Waals surface area (Å²) < 4.78 is 0. The van der Waals surface area contributed by atoms with Crippen molar-refractivity contribution in [1.82, 2.24) is 9.88 Å². The number of carbonyl (C=O) groups excluding carboxylic acids is 2. The van der Waals surface area contributed by atoms with Gasteiger partial charge in [-0.25, -0.2) is 4.98 Å². The van der Waals surface area contributed by atoms with E-state index in [1.807, 2.05) is 29.2 Å². The van der Waals surface area contributed by atoms with Gasteiger partial charge >= 0.3 is 0 Å². The van der Waals surface area contributed by atoms with Crippen LogP contribution >= 0.6 is 11.8 Å². The summed E-state index contributed by atoms with van der Waals surface area (Å²) in [5.74, 6) is 0.223. The Morgan fingerprint density at radius 2 is 1.83 bits per heavy atom. The van der Waals surface area contributed by atoms with E-state index in [1.54, 1.807) is 18.3 Å². The van der Waals surface area contributed by atoms with E-state index in [4.69, 9.17) is 0 Å². The zero-order valence-electron chi connectivity index (χ0n) is 17.9. The van der Waals surface area contributed by atoms with Gasteiger partial charge in [0.25, 0.3) is 5.91 Å². The largest absolute Gasteiger partial charge is 0.369 e. The Labute approximate surface area is 183 Å². The van der Waals surface area contributed by atoms with Gasteiger partial charge in [-0.1, -0.05) is 11.8 Å². The maximum Gasteiger partial charge on any atom is 0.255 e. The average molecular weight is 427 g/mol. The summed E-state index contributed by atoms with van der Waals surface area (Å²) in [5, 5.41) is 3.66. The van der Waals surface area contributed by atoms with Crippen LogP contribution in [0.1, 0.15) is 44.0 Å². The number of rotatable bonds is 8. The van der Waals surface area contributed by atoms with E-state index in [1.165, 1.54) is 11.8 Å². The van der Waals surface area contributed by atoms with E-state index in [0.717, 1.165) is 48.9 Å². The molecule has 1 aromatic heterocycles. The number of aromatic nitrogens is 1. The van der Waals surface area contributed by atoms with Crippen LogP contribution in [-0.2, 0) is 4.79 Å². The Morgan fingerprint density at radius 3 is 2.40 bits per heavy atom. The van der Waals surface area contributed by atoms with Gasteiger partial charge in [0.05, 0.1) is 16.3 Å². The van der Waals surface area contributed by atoms with E-state index >= 15 is 0 Å². The molecular weight excluding hydrogens is 396 g/mol. The second-order valence-electron chi connectivity index (χ2n) is 7.65. The second-order valence-corrected chi connectivity index (χ2v) is 8.64. The smallest absolute Gasteiger partial charge is 0.255 e. The number of likely N-dealkylation sites (tertiary alicyclic amines) is 1. The van der Waals surface area contributed by atoms with E-state index in [0.29, 0.717) is 11.6 Å². The molecule has 0 bridgehead atoms. The van der Waals surface area contributed by atoms with Crippen molar-refractivity contribution >= 4 is 35.0 Å². The molecule has 0 radical (unpaired) electrons. The third kappa shape index (κ3) is 5.75. The second kappa shape index (κ2) is 10.5. The predicted molar refractivity (Wildman–Crippen MR) is 123 cm³/mol. The first-order chi connectivity index (χ1) is 14.5. The fourth-order valence-corrected chi connectivity index (χ4v) is 4.26. The van der Waals surface area contributed by atoms with Crippen LogP contribution in [0.25, 0.3) is 0 Å². The number of pyridine rings is 1. The Balaban J connectivity index is 1.49. The van der Waals surface area contributed by atoms with Crippen molar-refractivity contribution in [1.29, 1.82) is 0 Å². The first-order valence-electron chi connectivity index (χ1n) is 10.5. The van der Waals surface area contributed by atoms with Gasteiger partial charge in [0, 0.05) is 43.2 Å². The molecule has 1 aliphatic heterocycles. The molecular formula is C23H30N4O2S. The highest BCUT2D eigenvalue weighted by atomic mass is 32.2. The molecule has 2 amide bonds. The molecule has 160 valence electrons. The summed E-state index contributed by atoms with van der Waals surface area (Å²) in [5.41, 5.74) is 2.53. The molecule has 2 heterocycles. The summed E-state index contributed by atoms with van der Waals surface area (Å²) in [6.07, 6.45) is 3.74. The van der Waals surface area contributed by atoms with Crippen LogP contribution in [-0.4, -0.2) is 53.1 Å². The quantitative estimate of drug-likeness (QED) is 0.638. The number of hydrogen-bond acceptors (Lipinski definition) is 5. The van der Waals surface area contributed by atoms with Gasteiger partial charge in [-0.3, -0.25) is 9.59 Å². The zero-order valence-corrected chi connectivity index (χ0v) is 18.7. The van der Waals surface area contributed by atoms with Crippen molar-refractivity contribution in [2.45, 2.75) is 44.7 Å². The molecule has 0 unspecified atom stereocenters. The van der Waals surface area contributed by atoms with Crippen molar-refractivity contribution in [3.8, 4) is 0 Å². The van der Waals surface area contributed by atoms with Gasteiger partial charge in [0.1, 0.15) is 0 Å². The lowest BCUT2D eigenvalue weighted by Crippen LogP contribution is -2.30. The van der Waals surface area contributed by atoms with Crippen LogP contribution in [0.15, 0.2) is 47.6 Å². The molecule has 7 heteroatoms. The van der Waals surface area contributed by atoms with Gasteiger partial charge in [0.15, 0.2) is 0 Å². The lowest BCUT2D eigenvalue weighted by Gasteiger charge is -2.27. The molecule has 1 fully saturated rings. The summed E-state index contributed by atoms with van der Waals surface area (Å²) in [7, 11) is 0. The monoisotopic (exact) mass is 426 g/mol. The molecule has 1 aliphatic rings. The highest BCUT2D eigenvalue weighted by molar-refractivity contribution is 7.99. The highest BCUT2D eigenvalue weighted by Gasteiger charge is 2.19.